The second-order valence-corrected chi connectivity index (χ2v) is 6.72. The van der Waals surface area contributed by atoms with E-state index in [4.69, 9.17) is 0 Å². The van der Waals surface area contributed by atoms with Crippen LogP contribution in [0, 0.1) is 5.92 Å². The van der Waals surface area contributed by atoms with Crippen molar-refractivity contribution in [2.45, 2.75) is 25.4 Å². The molecule has 1 N–H and O–H groups in total. The number of carbonyl (C=O) groups is 1. The van der Waals surface area contributed by atoms with Crippen molar-refractivity contribution in [3.05, 3.63) is 41.7 Å². The molecule has 146 valence electrons. The molecule has 0 spiro atoms. The monoisotopic (exact) mass is 381 g/mol. The molecule has 1 saturated heterocycles. The topological polar surface area (TPSA) is 63.1 Å². The SMILES string of the molecule is CNCCC1CCN(C(=O)c2cn(-c3cccc(C(F)(F)F)c3)nn2)CC1. The average Bonchev–Trinajstić information content (AvgIpc) is 3.16. The number of alkyl halides is 3. The van der Waals surface area contributed by atoms with Gasteiger partial charge in [0.05, 0.1) is 17.4 Å². The van der Waals surface area contributed by atoms with E-state index < -0.39 is 11.7 Å². The highest BCUT2D eigenvalue weighted by molar-refractivity contribution is 5.92. The number of piperidine rings is 1. The molecule has 1 aliphatic heterocycles. The van der Waals surface area contributed by atoms with Crippen molar-refractivity contribution in [2.75, 3.05) is 26.7 Å². The molecule has 0 atom stereocenters. The Kier molecular flexibility index (Phi) is 5.79. The molecule has 6 nitrogen and oxygen atoms in total. The fourth-order valence-electron chi connectivity index (χ4n) is 3.25. The summed E-state index contributed by atoms with van der Waals surface area (Å²) in [6.45, 7) is 2.27. The van der Waals surface area contributed by atoms with Gasteiger partial charge in [-0.15, -0.1) is 5.10 Å². The molecule has 2 aromatic rings. The summed E-state index contributed by atoms with van der Waals surface area (Å²) in [5.41, 5.74) is -0.421. The van der Waals surface area contributed by atoms with E-state index in [0.717, 1.165) is 37.9 Å². The van der Waals surface area contributed by atoms with Gasteiger partial charge in [0.25, 0.3) is 5.91 Å². The standard InChI is InChI=1S/C18H22F3N5O/c1-22-8-5-13-6-9-25(10-7-13)17(27)16-12-26(24-23-16)15-4-2-3-14(11-15)18(19,20)21/h2-4,11-13,22H,5-10H2,1H3. The van der Waals surface area contributed by atoms with Gasteiger partial charge in [-0.3, -0.25) is 4.79 Å². The van der Waals surface area contributed by atoms with Gasteiger partial charge in [-0.05, 0) is 57.0 Å². The minimum Gasteiger partial charge on any atom is -0.337 e. The predicted octanol–water partition coefficient (Wildman–Crippen LogP) is 2.75. The maximum absolute atomic E-state index is 12.9. The first kappa shape index (κ1) is 19.3. The third-order valence-electron chi connectivity index (χ3n) is 4.85. The summed E-state index contributed by atoms with van der Waals surface area (Å²) in [6.07, 6.45) is -0.0909. The summed E-state index contributed by atoms with van der Waals surface area (Å²) in [4.78, 5) is 14.3. The summed E-state index contributed by atoms with van der Waals surface area (Å²) in [6, 6.07) is 4.77. The van der Waals surface area contributed by atoms with E-state index in [0.29, 0.717) is 19.0 Å². The van der Waals surface area contributed by atoms with Gasteiger partial charge in [0, 0.05) is 13.1 Å². The molecule has 2 heterocycles. The van der Waals surface area contributed by atoms with E-state index >= 15 is 0 Å². The molecular weight excluding hydrogens is 359 g/mol. The van der Waals surface area contributed by atoms with E-state index in [1.54, 1.807) is 4.90 Å². The molecule has 27 heavy (non-hydrogen) atoms. The molecule has 1 aliphatic rings. The first-order valence-corrected chi connectivity index (χ1v) is 8.92. The zero-order chi connectivity index (χ0) is 19.4. The van der Waals surface area contributed by atoms with Crippen LogP contribution in [0.1, 0.15) is 35.3 Å². The lowest BCUT2D eigenvalue weighted by molar-refractivity contribution is -0.137. The van der Waals surface area contributed by atoms with Crippen LogP contribution in [0.25, 0.3) is 5.69 Å². The minimum atomic E-state index is -4.44. The summed E-state index contributed by atoms with van der Waals surface area (Å²) in [5.74, 6) is 0.364. The number of carbonyl (C=O) groups excluding carboxylic acids is 1. The number of likely N-dealkylation sites (tertiary alicyclic amines) is 1. The van der Waals surface area contributed by atoms with Crippen LogP contribution in [0.5, 0.6) is 0 Å². The van der Waals surface area contributed by atoms with E-state index in [9.17, 15) is 18.0 Å². The van der Waals surface area contributed by atoms with Gasteiger partial charge in [0.2, 0.25) is 0 Å². The zero-order valence-corrected chi connectivity index (χ0v) is 15.0. The Bertz CT molecular complexity index is 781. The van der Waals surface area contributed by atoms with Crippen molar-refractivity contribution < 1.29 is 18.0 Å². The normalized spacial score (nSPS) is 15.9. The molecule has 3 rings (SSSR count). The van der Waals surface area contributed by atoms with E-state index in [1.165, 1.54) is 23.0 Å². The molecule has 9 heteroatoms. The van der Waals surface area contributed by atoms with Crippen LogP contribution in [0.2, 0.25) is 0 Å². The van der Waals surface area contributed by atoms with Crippen LogP contribution >= 0.6 is 0 Å². The highest BCUT2D eigenvalue weighted by Crippen LogP contribution is 2.30. The average molecular weight is 381 g/mol. The number of benzene rings is 1. The van der Waals surface area contributed by atoms with Crippen molar-refractivity contribution in [1.29, 1.82) is 0 Å². The van der Waals surface area contributed by atoms with Crippen LogP contribution < -0.4 is 5.32 Å². The zero-order valence-electron chi connectivity index (χ0n) is 15.0. The van der Waals surface area contributed by atoms with Crippen molar-refractivity contribution in [1.82, 2.24) is 25.2 Å². The highest BCUT2D eigenvalue weighted by Gasteiger charge is 2.31. The Morgan fingerprint density at radius 1 is 1.30 bits per heavy atom. The van der Waals surface area contributed by atoms with Gasteiger partial charge in [-0.1, -0.05) is 11.3 Å². The summed E-state index contributed by atoms with van der Waals surface area (Å²) in [7, 11) is 1.92. The van der Waals surface area contributed by atoms with Gasteiger partial charge in [0.1, 0.15) is 0 Å². The largest absolute Gasteiger partial charge is 0.416 e. The molecule has 0 saturated carbocycles. The number of hydrogen-bond donors (Lipinski definition) is 1. The van der Waals surface area contributed by atoms with Crippen molar-refractivity contribution in [2.24, 2.45) is 5.92 Å². The lowest BCUT2D eigenvalue weighted by Crippen LogP contribution is -2.39. The highest BCUT2D eigenvalue weighted by atomic mass is 19.4. The number of hydrogen-bond acceptors (Lipinski definition) is 4. The number of rotatable bonds is 5. The fraction of sp³-hybridized carbons (Fsp3) is 0.500. The lowest BCUT2D eigenvalue weighted by Gasteiger charge is -2.31. The van der Waals surface area contributed by atoms with Crippen LogP contribution in [0.3, 0.4) is 0 Å². The molecule has 1 aromatic heterocycles. The third kappa shape index (κ3) is 4.65. The smallest absolute Gasteiger partial charge is 0.337 e. The Morgan fingerprint density at radius 3 is 2.70 bits per heavy atom. The first-order valence-electron chi connectivity index (χ1n) is 8.92. The van der Waals surface area contributed by atoms with Crippen LogP contribution in [0.4, 0.5) is 13.2 Å². The predicted molar refractivity (Wildman–Crippen MR) is 93.5 cm³/mol. The molecule has 0 bridgehead atoms. The van der Waals surface area contributed by atoms with Crippen molar-refractivity contribution in [3.63, 3.8) is 0 Å². The van der Waals surface area contributed by atoms with Crippen LogP contribution in [-0.2, 0) is 6.18 Å². The van der Waals surface area contributed by atoms with Gasteiger partial charge < -0.3 is 10.2 Å². The number of nitrogens with zero attached hydrogens (tertiary/aromatic N) is 4. The second kappa shape index (κ2) is 8.08. The quantitative estimate of drug-likeness (QED) is 0.865. The van der Waals surface area contributed by atoms with Gasteiger partial charge in [0.15, 0.2) is 5.69 Å². The molecule has 0 aliphatic carbocycles. The van der Waals surface area contributed by atoms with Gasteiger partial charge >= 0.3 is 6.18 Å². The minimum absolute atomic E-state index is 0.140. The van der Waals surface area contributed by atoms with E-state index in [-0.39, 0.29) is 17.3 Å². The Morgan fingerprint density at radius 2 is 2.04 bits per heavy atom. The molecular formula is C18H22F3N5O. The molecule has 1 amide bonds. The number of halogens is 3. The molecule has 0 unspecified atom stereocenters. The third-order valence-corrected chi connectivity index (χ3v) is 4.85. The van der Waals surface area contributed by atoms with Crippen molar-refractivity contribution >= 4 is 5.91 Å². The van der Waals surface area contributed by atoms with E-state index in [1.807, 2.05) is 7.05 Å². The second-order valence-electron chi connectivity index (χ2n) is 6.72. The van der Waals surface area contributed by atoms with Crippen LogP contribution in [-0.4, -0.2) is 52.5 Å². The van der Waals surface area contributed by atoms with Gasteiger partial charge in [-0.2, -0.15) is 13.2 Å². The number of amides is 1. The Hall–Kier alpha value is -2.42. The maximum Gasteiger partial charge on any atom is 0.416 e. The summed E-state index contributed by atoms with van der Waals surface area (Å²) < 4.78 is 39.8. The number of aromatic nitrogens is 3. The number of nitrogens with one attached hydrogen (secondary N) is 1. The first-order chi connectivity index (χ1) is 12.9. The maximum atomic E-state index is 12.9. The lowest BCUT2D eigenvalue weighted by atomic mass is 9.93. The summed E-state index contributed by atoms with van der Waals surface area (Å²) in [5, 5.41) is 10.8. The summed E-state index contributed by atoms with van der Waals surface area (Å²) >= 11 is 0. The Balaban J connectivity index is 1.67. The Labute approximate surface area is 155 Å². The van der Waals surface area contributed by atoms with Crippen LogP contribution in [0.15, 0.2) is 30.5 Å². The molecule has 1 fully saturated rings. The molecule has 1 aromatic carbocycles. The van der Waals surface area contributed by atoms with Crippen molar-refractivity contribution in [3.8, 4) is 5.69 Å². The molecule has 0 radical (unpaired) electrons. The fourth-order valence-corrected chi connectivity index (χ4v) is 3.25. The van der Waals surface area contributed by atoms with Gasteiger partial charge in [-0.25, -0.2) is 4.68 Å². The van der Waals surface area contributed by atoms with E-state index in [2.05, 4.69) is 15.6 Å².